The van der Waals surface area contributed by atoms with Gasteiger partial charge in [-0.3, -0.25) is 0 Å². The van der Waals surface area contributed by atoms with E-state index in [1.165, 1.54) is 181 Å². The van der Waals surface area contributed by atoms with Crippen LogP contribution in [-0.2, 0) is 6.42 Å². The second-order valence-corrected chi connectivity index (χ2v) is 17.1. The van der Waals surface area contributed by atoms with Crippen molar-refractivity contribution in [2.75, 3.05) is 11.5 Å². The molecule has 0 spiro atoms. The van der Waals surface area contributed by atoms with Crippen molar-refractivity contribution in [3.63, 3.8) is 0 Å². The van der Waals surface area contributed by atoms with Gasteiger partial charge in [0.25, 0.3) is 0 Å². The summed E-state index contributed by atoms with van der Waals surface area (Å²) in [5.74, 6) is 1.36. The Labute approximate surface area is 344 Å². The van der Waals surface area contributed by atoms with Gasteiger partial charge in [0.05, 0.1) is 0 Å². The monoisotopic (exact) mass is 757 g/mol. The fraction of sp³-hybridized carbons (Fsp3) is 0.556. The van der Waals surface area contributed by atoms with Gasteiger partial charge in [-0.05, 0) is 89.2 Å². The van der Waals surface area contributed by atoms with E-state index in [1.54, 1.807) is 0 Å². The number of anilines is 2. The zero-order valence-corrected chi connectivity index (χ0v) is 36.1. The fourth-order valence-electron chi connectivity index (χ4n) is 8.83. The number of benzene rings is 4. The second-order valence-electron chi connectivity index (χ2n) is 17.1. The molecule has 3 unspecified atom stereocenters. The summed E-state index contributed by atoms with van der Waals surface area (Å²) in [6.45, 7) is 6.92. The lowest BCUT2D eigenvalue weighted by atomic mass is 9.83. The Morgan fingerprint density at radius 2 is 0.625 bits per heavy atom. The quantitative estimate of drug-likeness (QED) is 0.0411. The third-order valence-corrected chi connectivity index (χ3v) is 12.5. The maximum Gasteiger partial charge on any atom is 0.0314 e. The van der Waals surface area contributed by atoms with E-state index in [2.05, 4.69) is 118 Å². The number of rotatable bonds is 30. The second kappa shape index (κ2) is 27.2. The minimum atomic E-state index is 0.417. The SMILES string of the molecule is CCCCCCCCCCCC(c1ccc(N)cc1)c1ccc(CC(CCCC)c2ccc(C(CCCCCCCCCCC)c3ccc(N)cc3)cc2)cc1. The Morgan fingerprint density at radius 3 is 1.00 bits per heavy atom. The summed E-state index contributed by atoms with van der Waals surface area (Å²) in [5, 5.41) is 0. The molecule has 4 aromatic rings. The zero-order chi connectivity index (χ0) is 39.6. The van der Waals surface area contributed by atoms with Gasteiger partial charge in [-0.25, -0.2) is 0 Å². The molecule has 0 aromatic heterocycles. The molecule has 0 fully saturated rings. The molecular formula is C54H80N2. The first-order chi connectivity index (χ1) is 27.5. The van der Waals surface area contributed by atoms with Crippen LogP contribution in [0.2, 0.25) is 0 Å². The van der Waals surface area contributed by atoms with Crippen molar-refractivity contribution in [1.29, 1.82) is 0 Å². The van der Waals surface area contributed by atoms with Crippen molar-refractivity contribution < 1.29 is 0 Å². The molecule has 2 nitrogen and oxygen atoms in total. The lowest BCUT2D eigenvalue weighted by Crippen LogP contribution is -2.06. The number of nitrogens with two attached hydrogens (primary N) is 2. The van der Waals surface area contributed by atoms with Crippen LogP contribution in [0, 0.1) is 0 Å². The molecule has 0 radical (unpaired) electrons. The lowest BCUT2D eigenvalue weighted by Gasteiger charge is -2.22. The first-order valence-corrected chi connectivity index (χ1v) is 23.4. The molecule has 0 saturated heterocycles. The van der Waals surface area contributed by atoms with E-state index in [9.17, 15) is 0 Å². The standard InChI is InChI=1S/C54H80N2/c1-4-7-10-12-14-16-18-20-22-25-53(48-35-39-51(55)40-36-48)46-29-27-44(28-30-46)43-50(24-9-6-3)45-31-33-47(34-32-45)54(49-37-41-52(56)42-38-49)26-23-21-19-17-15-13-11-8-5-2/h27-42,50,53-54H,4-26,43,55-56H2,1-3H3. The summed E-state index contributed by atoms with van der Waals surface area (Å²) in [7, 11) is 0. The van der Waals surface area contributed by atoms with Gasteiger partial charge < -0.3 is 11.5 Å². The Kier molecular flexibility index (Phi) is 21.9. The lowest BCUT2D eigenvalue weighted by molar-refractivity contribution is 0.545. The highest BCUT2D eigenvalue weighted by molar-refractivity contribution is 5.44. The van der Waals surface area contributed by atoms with Gasteiger partial charge in [0.15, 0.2) is 0 Å². The molecule has 0 heterocycles. The van der Waals surface area contributed by atoms with Crippen molar-refractivity contribution in [3.05, 3.63) is 130 Å². The van der Waals surface area contributed by atoms with E-state index in [-0.39, 0.29) is 0 Å². The van der Waals surface area contributed by atoms with Crippen LogP contribution in [0.15, 0.2) is 97.1 Å². The number of hydrogen-bond donors (Lipinski definition) is 2. The van der Waals surface area contributed by atoms with Crippen LogP contribution in [0.1, 0.15) is 220 Å². The Hall–Kier alpha value is -3.52. The molecule has 0 amide bonds. The minimum absolute atomic E-state index is 0.417. The van der Waals surface area contributed by atoms with Crippen LogP contribution in [-0.4, -0.2) is 0 Å². The van der Waals surface area contributed by atoms with Gasteiger partial charge >= 0.3 is 0 Å². The molecular weight excluding hydrogens is 677 g/mol. The van der Waals surface area contributed by atoms with Gasteiger partial charge in [-0.15, -0.1) is 0 Å². The van der Waals surface area contributed by atoms with Crippen LogP contribution >= 0.6 is 0 Å². The van der Waals surface area contributed by atoms with Crippen LogP contribution in [0.25, 0.3) is 0 Å². The molecule has 4 rings (SSSR count). The molecule has 4 aromatic carbocycles. The minimum Gasteiger partial charge on any atom is -0.399 e. The summed E-state index contributed by atoms with van der Waals surface area (Å²) in [4.78, 5) is 0. The van der Waals surface area contributed by atoms with Gasteiger partial charge in [-0.2, -0.15) is 0 Å². The van der Waals surface area contributed by atoms with Gasteiger partial charge in [0.2, 0.25) is 0 Å². The summed E-state index contributed by atoms with van der Waals surface area (Å²) < 4.78 is 0. The van der Waals surface area contributed by atoms with Crippen LogP contribution in [0.5, 0.6) is 0 Å². The smallest absolute Gasteiger partial charge is 0.0314 e. The van der Waals surface area contributed by atoms with Gasteiger partial charge in [0.1, 0.15) is 0 Å². The number of nitrogen functional groups attached to an aromatic ring is 2. The summed E-state index contributed by atoms with van der Waals surface area (Å²) >= 11 is 0. The molecule has 306 valence electrons. The molecule has 0 saturated carbocycles. The Bertz CT molecular complexity index is 1540. The van der Waals surface area contributed by atoms with Crippen LogP contribution in [0.3, 0.4) is 0 Å². The van der Waals surface area contributed by atoms with E-state index in [0.717, 1.165) is 17.8 Å². The molecule has 4 N–H and O–H groups in total. The molecule has 3 atom stereocenters. The molecule has 0 bridgehead atoms. The number of unbranched alkanes of at least 4 members (excludes halogenated alkanes) is 17. The topological polar surface area (TPSA) is 52.0 Å². The maximum absolute atomic E-state index is 6.12. The predicted molar refractivity (Wildman–Crippen MR) is 248 cm³/mol. The van der Waals surface area contributed by atoms with E-state index in [4.69, 9.17) is 11.5 Å². The first kappa shape index (κ1) is 45.2. The van der Waals surface area contributed by atoms with Gasteiger partial charge in [-0.1, -0.05) is 222 Å². The van der Waals surface area contributed by atoms with Crippen molar-refractivity contribution >= 4 is 11.4 Å². The average Bonchev–Trinajstić information content (AvgIpc) is 3.22. The molecule has 0 aliphatic carbocycles. The van der Waals surface area contributed by atoms with Crippen LogP contribution < -0.4 is 11.5 Å². The van der Waals surface area contributed by atoms with Crippen LogP contribution in [0.4, 0.5) is 11.4 Å². The van der Waals surface area contributed by atoms with E-state index < -0.39 is 0 Å². The van der Waals surface area contributed by atoms with Crippen molar-refractivity contribution in [1.82, 2.24) is 0 Å². The third kappa shape index (κ3) is 16.5. The van der Waals surface area contributed by atoms with E-state index in [1.807, 2.05) is 0 Å². The predicted octanol–water partition coefficient (Wildman–Crippen LogP) is 16.5. The average molecular weight is 757 g/mol. The van der Waals surface area contributed by atoms with Crippen molar-refractivity contribution in [2.45, 2.75) is 193 Å². The normalized spacial score (nSPS) is 13.1. The summed E-state index contributed by atoms with van der Waals surface area (Å²) in [5.41, 5.74) is 22.5. The van der Waals surface area contributed by atoms with E-state index >= 15 is 0 Å². The highest BCUT2D eigenvalue weighted by atomic mass is 14.5. The molecule has 0 aliphatic rings. The Morgan fingerprint density at radius 1 is 0.321 bits per heavy atom. The van der Waals surface area contributed by atoms with Gasteiger partial charge in [0, 0.05) is 23.2 Å². The molecule has 0 aliphatic heterocycles. The summed E-state index contributed by atoms with van der Waals surface area (Å²) in [6, 6.07) is 36.8. The molecule has 2 heteroatoms. The van der Waals surface area contributed by atoms with Crippen molar-refractivity contribution in [3.8, 4) is 0 Å². The van der Waals surface area contributed by atoms with E-state index in [0.29, 0.717) is 17.8 Å². The first-order valence-electron chi connectivity index (χ1n) is 23.4. The summed E-state index contributed by atoms with van der Waals surface area (Å²) in [6.07, 6.45) is 31.7. The van der Waals surface area contributed by atoms with Crippen molar-refractivity contribution in [2.24, 2.45) is 0 Å². The molecule has 56 heavy (non-hydrogen) atoms. The largest absolute Gasteiger partial charge is 0.399 e. The zero-order valence-electron chi connectivity index (χ0n) is 36.1. The maximum atomic E-state index is 6.12. The highest BCUT2D eigenvalue weighted by Crippen LogP contribution is 2.35. The number of hydrogen-bond acceptors (Lipinski definition) is 2. The third-order valence-electron chi connectivity index (χ3n) is 12.5. The Balaban J connectivity index is 1.40. The highest BCUT2D eigenvalue weighted by Gasteiger charge is 2.19. The fourth-order valence-corrected chi connectivity index (χ4v) is 8.83.